The summed E-state index contributed by atoms with van der Waals surface area (Å²) in [5.41, 5.74) is -0.205. The molecule has 37 heavy (non-hydrogen) atoms. The van der Waals surface area contributed by atoms with Gasteiger partial charge in [0.25, 0.3) is 0 Å². The van der Waals surface area contributed by atoms with E-state index in [0.29, 0.717) is 16.7 Å². The maximum atomic E-state index is 13.7. The van der Waals surface area contributed by atoms with Crippen LogP contribution < -0.4 is 17.1 Å². The van der Waals surface area contributed by atoms with Crippen LogP contribution in [0.5, 0.6) is 0 Å². The summed E-state index contributed by atoms with van der Waals surface area (Å²) in [4.78, 5) is 55.5. The molecule has 3 aromatic carbocycles. The molecular weight excluding hydrogens is 472 g/mol. The first kappa shape index (κ1) is 24.6. The molecule has 0 bridgehead atoms. The quantitative estimate of drug-likeness (QED) is 0.318. The van der Waals surface area contributed by atoms with Gasteiger partial charge in [0.05, 0.1) is 46.0 Å². The van der Waals surface area contributed by atoms with Crippen molar-refractivity contribution < 1.29 is 4.79 Å². The number of hydrogen-bond donors (Lipinski definition) is 0. The van der Waals surface area contributed by atoms with Crippen molar-refractivity contribution in [1.29, 1.82) is 10.5 Å². The van der Waals surface area contributed by atoms with Crippen LogP contribution in [-0.4, -0.2) is 19.8 Å². The monoisotopic (exact) mass is 490 g/mol. The topological polar surface area (TPSA) is 143 Å². The van der Waals surface area contributed by atoms with Gasteiger partial charge in [-0.25, -0.2) is 32.9 Å². The minimum atomic E-state index is -0.989. The summed E-state index contributed by atoms with van der Waals surface area (Å²) in [7, 11) is 0. The van der Waals surface area contributed by atoms with E-state index < -0.39 is 17.1 Å². The molecular formula is C27H18N6O4. The van der Waals surface area contributed by atoms with Gasteiger partial charge in [-0.05, 0) is 73.9 Å². The van der Waals surface area contributed by atoms with Crippen LogP contribution >= 0.6 is 0 Å². The number of isocyanates is 1. The van der Waals surface area contributed by atoms with Crippen LogP contribution in [0.4, 0.5) is 5.69 Å². The summed E-state index contributed by atoms with van der Waals surface area (Å²) in [6, 6.07) is 17.4. The van der Waals surface area contributed by atoms with Gasteiger partial charge in [0, 0.05) is 0 Å². The van der Waals surface area contributed by atoms with Crippen molar-refractivity contribution in [3.8, 4) is 29.2 Å². The zero-order valence-corrected chi connectivity index (χ0v) is 20.0. The van der Waals surface area contributed by atoms with Gasteiger partial charge in [-0.2, -0.15) is 15.5 Å². The number of nitriles is 2. The summed E-state index contributed by atoms with van der Waals surface area (Å²) in [6.45, 7) is 5.11. The van der Waals surface area contributed by atoms with Crippen molar-refractivity contribution in [2.24, 2.45) is 4.99 Å². The predicted molar refractivity (Wildman–Crippen MR) is 135 cm³/mol. The molecule has 0 saturated carbocycles. The second-order valence-corrected chi connectivity index (χ2v) is 8.25. The third-order valence-corrected chi connectivity index (χ3v) is 5.96. The predicted octanol–water partition coefficient (Wildman–Crippen LogP) is 2.78. The average Bonchev–Trinajstić information content (AvgIpc) is 2.87. The number of nitrogens with zero attached hydrogens (tertiary/aromatic N) is 6. The number of hydrogen-bond acceptors (Lipinski definition) is 7. The normalized spacial score (nSPS) is 10.3. The second kappa shape index (κ2) is 9.59. The molecule has 0 saturated heterocycles. The first-order chi connectivity index (χ1) is 17.7. The van der Waals surface area contributed by atoms with Crippen molar-refractivity contribution in [2.45, 2.75) is 20.8 Å². The van der Waals surface area contributed by atoms with Gasteiger partial charge in [-0.15, -0.1) is 0 Å². The molecule has 0 radical (unpaired) electrons. The Morgan fingerprint density at radius 1 is 0.622 bits per heavy atom. The van der Waals surface area contributed by atoms with Crippen LogP contribution in [-0.2, 0) is 4.79 Å². The molecule has 0 unspecified atom stereocenters. The number of benzene rings is 3. The highest BCUT2D eigenvalue weighted by molar-refractivity contribution is 5.58. The lowest BCUT2D eigenvalue weighted by Gasteiger charge is -2.15. The maximum absolute atomic E-state index is 13.7. The van der Waals surface area contributed by atoms with Gasteiger partial charge in [0.1, 0.15) is 0 Å². The summed E-state index contributed by atoms with van der Waals surface area (Å²) in [5, 5.41) is 19.0. The van der Waals surface area contributed by atoms with E-state index in [1.165, 1.54) is 42.5 Å². The van der Waals surface area contributed by atoms with Gasteiger partial charge in [0.15, 0.2) is 0 Å². The molecule has 1 aromatic heterocycles. The van der Waals surface area contributed by atoms with Gasteiger partial charge < -0.3 is 0 Å². The minimum Gasteiger partial charge on any atom is -0.246 e. The van der Waals surface area contributed by atoms with Gasteiger partial charge in [-0.3, -0.25) is 0 Å². The van der Waals surface area contributed by atoms with E-state index in [1.54, 1.807) is 39.0 Å². The molecule has 4 rings (SSSR count). The average molecular weight is 490 g/mol. The lowest BCUT2D eigenvalue weighted by Crippen LogP contribution is -2.52. The second-order valence-electron chi connectivity index (χ2n) is 8.25. The van der Waals surface area contributed by atoms with Crippen molar-refractivity contribution in [3.05, 3.63) is 114 Å². The molecule has 10 heteroatoms. The van der Waals surface area contributed by atoms with E-state index in [4.69, 9.17) is 0 Å². The zero-order valence-electron chi connectivity index (χ0n) is 20.0. The molecule has 0 N–H and O–H groups in total. The smallest absolute Gasteiger partial charge is 0.246 e. The van der Waals surface area contributed by atoms with Crippen LogP contribution in [0.1, 0.15) is 27.8 Å². The van der Waals surface area contributed by atoms with Gasteiger partial charge in [0.2, 0.25) is 6.08 Å². The fourth-order valence-electron chi connectivity index (χ4n) is 3.85. The highest BCUT2D eigenvalue weighted by Crippen LogP contribution is 2.21. The lowest BCUT2D eigenvalue weighted by atomic mass is 10.1. The fourth-order valence-corrected chi connectivity index (χ4v) is 3.85. The number of aryl methyl sites for hydroxylation is 3. The Morgan fingerprint density at radius 3 is 1.38 bits per heavy atom. The third-order valence-electron chi connectivity index (χ3n) is 5.96. The molecule has 0 aliphatic carbocycles. The van der Waals surface area contributed by atoms with E-state index in [1.807, 2.05) is 12.1 Å². The standard InChI is InChI=1S/C27H18N6O4/c1-16-4-7-21(10-19(16)13-28)31-25(35)32(22-8-5-17(2)20(11-22)14-29)27(37)33(26(31)36)23-9-6-18(3)24(12-23)30-15-34/h4-12H,1-3H3. The molecule has 0 amide bonds. The van der Waals surface area contributed by atoms with Crippen LogP contribution in [0.3, 0.4) is 0 Å². The molecule has 180 valence electrons. The van der Waals surface area contributed by atoms with Crippen molar-refractivity contribution in [2.75, 3.05) is 0 Å². The van der Waals surface area contributed by atoms with Crippen LogP contribution in [0.15, 0.2) is 74.0 Å². The molecule has 0 atom stereocenters. The van der Waals surface area contributed by atoms with Gasteiger partial charge in [-0.1, -0.05) is 18.2 Å². The summed E-state index contributed by atoms with van der Waals surface area (Å²) >= 11 is 0. The summed E-state index contributed by atoms with van der Waals surface area (Å²) in [6.07, 6.45) is 1.44. The Balaban J connectivity index is 2.19. The zero-order chi connectivity index (χ0) is 26.9. The molecule has 1 heterocycles. The molecule has 0 fully saturated rings. The van der Waals surface area contributed by atoms with E-state index in [9.17, 15) is 29.7 Å². The van der Waals surface area contributed by atoms with E-state index in [0.717, 1.165) is 13.7 Å². The number of rotatable bonds is 4. The summed E-state index contributed by atoms with van der Waals surface area (Å²) in [5.74, 6) is 0. The molecule has 10 nitrogen and oxygen atoms in total. The lowest BCUT2D eigenvalue weighted by molar-refractivity contribution is 0.565. The number of aliphatic imine (C=N–C) groups is 1. The Kier molecular flexibility index (Phi) is 6.36. The van der Waals surface area contributed by atoms with Crippen molar-refractivity contribution in [1.82, 2.24) is 13.7 Å². The molecule has 0 aliphatic rings. The first-order valence-electron chi connectivity index (χ1n) is 10.9. The Labute approximate surface area is 209 Å². The van der Waals surface area contributed by atoms with E-state index >= 15 is 0 Å². The Hall–Kier alpha value is -5.57. The number of carbonyl (C=O) groups excluding carboxylic acids is 1. The molecule has 0 spiro atoms. The Bertz CT molecular complexity index is 1810. The van der Waals surface area contributed by atoms with Crippen molar-refractivity contribution in [3.63, 3.8) is 0 Å². The Morgan fingerprint density at radius 2 is 1.00 bits per heavy atom. The van der Waals surface area contributed by atoms with Crippen LogP contribution in [0.2, 0.25) is 0 Å². The van der Waals surface area contributed by atoms with Gasteiger partial charge >= 0.3 is 17.1 Å². The minimum absolute atomic E-state index is 0.0531. The van der Waals surface area contributed by atoms with Crippen LogP contribution in [0, 0.1) is 43.4 Å². The highest BCUT2D eigenvalue weighted by Gasteiger charge is 2.21. The van der Waals surface area contributed by atoms with E-state index in [2.05, 4.69) is 4.99 Å². The molecule has 4 aromatic rings. The fraction of sp³-hybridized carbons (Fsp3) is 0.111. The highest BCUT2D eigenvalue weighted by atomic mass is 16.2. The summed E-state index contributed by atoms with van der Waals surface area (Å²) < 4.78 is 2.31. The maximum Gasteiger partial charge on any atom is 0.345 e. The first-order valence-corrected chi connectivity index (χ1v) is 10.9. The largest absolute Gasteiger partial charge is 0.345 e. The van der Waals surface area contributed by atoms with Crippen LogP contribution in [0.25, 0.3) is 17.1 Å². The third kappa shape index (κ3) is 4.21. The number of aromatic nitrogens is 3. The SMILES string of the molecule is Cc1ccc(-n2c(=O)n(-c3ccc(C)c(C#N)c3)c(=O)n(-c3ccc(C)c(N=C=O)c3)c2=O)cc1C#N. The molecule has 0 aliphatic heterocycles. The van der Waals surface area contributed by atoms with Crippen molar-refractivity contribution >= 4 is 11.8 Å². The van der Waals surface area contributed by atoms with E-state index in [-0.39, 0.29) is 33.9 Å².